The van der Waals surface area contributed by atoms with Crippen molar-refractivity contribution in [2.24, 2.45) is 0 Å². The van der Waals surface area contributed by atoms with Gasteiger partial charge in [-0.25, -0.2) is 0 Å². The third-order valence-electron chi connectivity index (χ3n) is 2.83. The van der Waals surface area contributed by atoms with Crippen molar-refractivity contribution in [1.82, 2.24) is 10.2 Å². The molecule has 2 aromatic rings. The molecule has 1 aliphatic carbocycles. The summed E-state index contributed by atoms with van der Waals surface area (Å²) in [4.78, 5) is 0. The van der Waals surface area contributed by atoms with E-state index in [9.17, 15) is 0 Å². The second-order valence-corrected chi connectivity index (χ2v) is 4.18. The Labute approximate surface area is 92.9 Å². The fourth-order valence-corrected chi connectivity index (χ4v) is 2.26. The van der Waals surface area contributed by atoms with Crippen molar-refractivity contribution in [2.75, 3.05) is 0 Å². The van der Waals surface area contributed by atoms with E-state index in [1.54, 1.807) is 0 Å². The average Bonchev–Trinajstić information content (AvgIpc) is 2.82. The lowest BCUT2D eigenvalue weighted by Gasteiger charge is -2.00. The molecule has 0 saturated carbocycles. The van der Waals surface area contributed by atoms with Crippen LogP contribution in [0.5, 0.6) is 0 Å². The molecule has 0 radical (unpaired) electrons. The van der Waals surface area contributed by atoms with Gasteiger partial charge in [0.1, 0.15) is 0 Å². The molecule has 1 aromatic heterocycles. The zero-order valence-electron chi connectivity index (χ0n) is 8.05. The van der Waals surface area contributed by atoms with Gasteiger partial charge >= 0.3 is 0 Å². The summed E-state index contributed by atoms with van der Waals surface area (Å²) in [5.74, 6) is 1.03. The molecule has 15 heavy (non-hydrogen) atoms. The van der Waals surface area contributed by atoms with Crippen molar-refractivity contribution in [2.45, 2.75) is 24.0 Å². The summed E-state index contributed by atoms with van der Waals surface area (Å²) in [5.41, 5.74) is 2.78. The fraction of sp³-hybridized carbons (Fsp3) is 0.273. The molecule has 0 N–H and O–H groups in total. The number of benzene rings is 1. The summed E-state index contributed by atoms with van der Waals surface area (Å²) in [6.45, 7) is 0. The predicted molar refractivity (Wildman–Crippen MR) is 58.1 cm³/mol. The summed E-state index contributed by atoms with van der Waals surface area (Å²) < 4.78 is 5.34. The molecule has 0 saturated heterocycles. The van der Waals surface area contributed by atoms with Gasteiger partial charge < -0.3 is 4.42 Å². The van der Waals surface area contributed by atoms with E-state index in [2.05, 4.69) is 47.1 Å². The summed E-state index contributed by atoms with van der Waals surface area (Å²) in [7, 11) is 0. The Hall–Kier alpha value is -1.29. The van der Waals surface area contributed by atoms with Gasteiger partial charge in [0, 0.05) is 5.92 Å². The summed E-state index contributed by atoms with van der Waals surface area (Å²) in [5, 5.41) is 8.11. The number of hydrogen-bond donors (Lipinski definition) is 1. The van der Waals surface area contributed by atoms with E-state index in [4.69, 9.17) is 4.42 Å². The zero-order chi connectivity index (χ0) is 10.3. The minimum Gasteiger partial charge on any atom is -0.416 e. The molecular weight excluding hydrogens is 208 g/mol. The molecule has 4 heteroatoms. The highest BCUT2D eigenvalue weighted by Gasteiger charge is 2.26. The molecule has 1 heterocycles. The first-order valence-corrected chi connectivity index (χ1v) is 5.37. The predicted octanol–water partition coefficient (Wildman–Crippen LogP) is 2.24. The maximum atomic E-state index is 5.34. The Morgan fingerprint density at radius 1 is 1.13 bits per heavy atom. The highest BCUT2D eigenvalue weighted by Crippen LogP contribution is 2.33. The third-order valence-corrected chi connectivity index (χ3v) is 3.01. The van der Waals surface area contributed by atoms with Gasteiger partial charge in [-0.05, 0) is 24.0 Å². The van der Waals surface area contributed by atoms with E-state index in [1.165, 1.54) is 11.1 Å². The minimum absolute atomic E-state index is 0.329. The van der Waals surface area contributed by atoms with Gasteiger partial charge in [-0.2, -0.15) is 0 Å². The first-order valence-electron chi connectivity index (χ1n) is 4.92. The van der Waals surface area contributed by atoms with Crippen molar-refractivity contribution in [3.05, 3.63) is 41.3 Å². The Balaban J connectivity index is 1.90. The first kappa shape index (κ1) is 8.97. The molecule has 3 rings (SSSR count). The molecular formula is C11H10N2OS. The lowest BCUT2D eigenvalue weighted by molar-refractivity contribution is 0.388. The van der Waals surface area contributed by atoms with Gasteiger partial charge in [0.05, 0.1) is 0 Å². The SMILES string of the molecule is Sc1nnc(C2Cc3ccccc3C2)o1. The highest BCUT2D eigenvalue weighted by atomic mass is 32.1. The molecule has 0 spiro atoms. The molecule has 0 fully saturated rings. The van der Waals surface area contributed by atoms with Crippen molar-refractivity contribution in [1.29, 1.82) is 0 Å². The lowest BCUT2D eigenvalue weighted by Crippen LogP contribution is -1.97. The molecule has 0 bridgehead atoms. The van der Waals surface area contributed by atoms with Crippen molar-refractivity contribution in [3.8, 4) is 0 Å². The van der Waals surface area contributed by atoms with E-state index in [0.717, 1.165) is 12.8 Å². The van der Waals surface area contributed by atoms with Gasteiger partial charge in [0.15, 0.2) is 0 Å². The van der Waals surface area contributed by atoms with Crippen LogP contribution in [0, 0.1) is 0 Å². The Morgan fingerprint density at radius 2 is 1.80 bits per heavy atom. The summed E-state index contributed by atoms with van der Waals surface area (Å²) >= 11 is 4.02. The number of nitrogens with zero attached hydrogens (tertiary/aromatic N) is 2. The molecule has 0 unspecified atom stereocenters. The standard InChI is InChI=1S/C11H10N2OS/c15-11-13-12-10(14-11)9-5-7-3-1-2-4-8(7)6-9/h1-4,9H,5-6H2,(H,13,15). The van der Waals surface area contributed by atoms with Crippen LogP contribution >= 0.6 is 12.6 Å². The first-order chi connectivity index (χ1) is 7.33. The van der Waals surface area contributed by atoms with E-state index in [1.807, 2.05) is 0 Å². The minimum atomic E-state index is 0.329. The zero-order valence-corrected chi connectivity index (χ0v) is 8.95. The normalized spacial score (nSPS) is 15.5. The lowest BCUT2D eigenvalue weighted by atomic mass is 10.1. The number of aromatic nitrogens is 2. The highest BCUT2D eigenvalue weighted by molar-refractivity contribution is 7.80. The maximum Gasteiger partial charge on any atom is 0.273 e. The maximum absolute atomic E-state index is 5.34. The largest absolute Gasteiger partial charge is 0.416 e. The summed E-state index contributed by atoms with van der Waals surface area (Å²) in [6, 6.07) is 8.46. The molecule has 0 aliphatic heterocycles. The van der Waals surface area contributed by atoms with Gasteiger partial charge in [-0.15, -0.1) is 10.2 Å². The smallest absolute Gasteiger partial charge is 0.273 e. The third kappa shape index (κ3) is 1.55. The Kier molecular flexibility index (Phi) is 2.02. The van der Waals surface area contributed by atoms with E-state index >= 15 is 0 Å². The van der Waals surface area contributed by atoms with Crippen LogP contribution in [-0.4, -0.2) is 10.2 Å². The molecule has 3 nitrogen and oxygen atoms in total. The Bertz CT molecular complexity index is 470. The van der Waals surface area contributed by atoms with Crippen LogP contribution in [0.2, 0.25) is 0 Å². The quantitative estimate of drug-likeness (QED) is 0.746. The van der Waals surface area contributed by atoms with Crippen molar-refractivity contribution >= 4 is 12.6 Å². The van der Waals surface area contributed by atoms with Gasteiger partial charge in [-0.1, -0.05) is 36.9 Å². The van der Waals surface area contributed by atoms with Crippen molar-refractivity contribution < 1.29 is 4.42 Å². The number of rotatable bonds is 1. The molecule has 1 aromatic carbocycles. The van der Waals surface area contributed by atoms with Crippen LogP contribution in [0.4, 0.5) is 0 Å². The number of fused-ring (bicyclic) bond motifs is 1. The van der Waals surface area contributed by atoms with Crippen LogP contribution in [0.15, 0.2) is 33.9 Å². The van der Waals surface area contributed by atoms with Crippen LogP contribution in [0.1, 0.15) is 22.9 Å². The van der Waals surface area contributed by atoms with E-state index in [0.29, 0.717) is 17.0 Å². The topological polar surface area (TPSA) is 38.9 Å². The van der Waals surface area contributed by atoms with E-state index in [-0.39, 0.29) is 0 Å². The molecule has 1 aliphatic rings. The molecule has 0 amide bonds. The fourth-order valence-electron chi connectivity index (χ4n) is 2.12. The second-order valence-electron chi connectivity index (χ2n) is 3.80. The van der Waals surface area contributed by atoms with Gasteiger partial charge in [-0.3, -0.25) is 0 Å². The van der Waals surface area contributed by atoms with E-state index < -0.39 is 0 Å². The monoisotopic (exact) mass is 218 g/mol. The summed E-state index contributed by atoms with van der Waals surface area (Å²) in [6.07, 6.45) is 1.98. The molecule has 76 valence electrons. The van der Waals surface area contributed by atoms with Crippen LogP contribution in [0.25, 0.3) is 0 Å². The van der Waals surface area contributed by atoms with Crippen LogP contribution in [0.3, 0.4) is 0 Å². The van der Waals surface area contributed by atoms with Crippen LogP contribution in [-0.2, 0) is 12.8 Å². The Morgan fingerprint density at radius 3 is 2.33 bits per heavy atom. The second kappa shape index (κ2) is 3.38. The van der Waals surface area contributed by atoms with Crippen LogP contribution < -0.4 is 0 Å². The van der Waals surface area contributed by atoms with Gasteiger partial charge in [0.2, 0.25) is 5.89 Å². The van der Waals surface area contributed by atoms with Gasteiger partial charge in [0.25, 0.3) is 5.22 Å². The number of hydrogen-bond acceptors (Lipinski definition) is 4. The average molecular weight is 218 g/mol. The molecule has 0 atom stereocenters. The number of thiol groups is 1. The van der Waals surface area contributed by atoms with Crippen molar-refractivity contribution in [3.63, 3.8) is 0 Å².